The Kier molecular flexibility index (Phi) is 3.98. The van der Waals surface area contributed by atoms with Gasteiger partial charge in [0.15, 0.2) is 0 Å². The molecule has 1 saturated heterocycles. The molecule has 8 atom stereocenters. The molecule has 4 fully saturated rings. The lowest BCUT2D eigenvalue weighted by Gasteiger charge is -2.58. The summed E-state index contributed by atoms with van der Waals surface area (Å²) in [5.74, 6) is 3.96. The van der Waals surface area contributed by atoms with Crippen LogP contribution in [0.1, 0.15) is 65.2 Å². The molecule has 1 spiro atoms. The molecular weight excluding hydrogens is 316 g/mol. The van der Waals surface area contributed by atoms with Crippen LogP contribution in [0.25, 0.3) is 0 Å². The Morgan fingerprint density at radius 1 is 1.04 bits per heavy atom. The Labute approximate surface area is 161 Å². The zero-order chi connectivity index (χ0) is 18.3. The molecular formula is C24H40N2. The average Bonchev–Trinajstić information content (AvgIpc) is 3.08. The summed E-state index contributed by atoms with van der Waals surface area (Å²) in [5.41, 5.74) is 3.04. The van der Waals surface area contributed by atoms with Gasteiger partial charge in [0.25, 0.3) is 0 Å². The van der Waals surface area contributed by atoms with Crippen molar-refractivity contribution < 1.29 is 0 Å². The van der Waals surface area contributed by atoms with Crippen molar-refractivity contribution in [1.82, 2.24) is 9.80 Å². The minimum absolute atomic E-state index is 0.519. The molecule has 26 heavy (non-hydrogen) atoms. The summed E-state index contributed by atoms with van der Waals surface area (Å²) in [6, 6.07) is 1.60. The normalized spacial score (nSPS) is 53.7. The van der Waals surface area contributed by atoms with Gasteiger partial charge in [0, 0.05) is 18.6 Å². The van der Waals surface area contributed by atoms with Crippen LogP contribution in [0.5, 0.6) is 0 Å². The Hall–Kier alpha value is -0.340. The first-order chi connectivity index (χ1) is 12.4. The van der Waals surface area contributed by atoms with Gasteiger partial charge in [-0.3, -0.25) is 0 Å². The lowest BCUT2D eigenvalue weighted by molar-refractivity contribution is -0.0430. The van der Waals surface area contributed by atoms with Crippen LogP contribution in [0, 0.1) is 34.5 Å². The van der Waals surface area contributed by atoms with Crippen LogP contribution in [-0.2, 0) is 0 Å². The standard InChI is InChI=1S/C24H40N2/c1-16-20-8-9-22-19-7-6-17-14-18(25(3)4)10-12-23(17,2)21(19)11-13-24(20,22)15-26(16)5/h6,16,18-22H,7-15H2,1-5H3/t16-,18+,19-,20+,21+,22+,23+,24-/m0/s1. The number of hydrogen-bond acceptors (Lipinski definition) is 2. The molecule has 4 aliphatic carbocycles. The second-order valence-electron chi connectivity index (χ2n) is 11.2. The van der Waals surface area contributed by atoms with Crippen molar-refractivity contribution in [1.29, 1.82) is 0 Å². The molecule has 0 bridgehead atoms. The topological polar surface area (TPSA) is 6.48 Å². The fourth-order valence-corrected chi connectivity index (χ4v) is 8.88. The largest absolute Gasteiger partial charge is 0.306 e. The molecule has 146 valence electrons. The highest BCUT2D eigenvalue weighted by Crippen LogP contribution is 2.68. The number of rotatable bonds is 1. The highest BCUT2D eigenvalue weighted by Gasteiger charge is 2.63. The van der Waals surface area contributed by atoms with E-state index in [4.69, 9.17) is 0 Å². The summed E-state index contributed by atoms with van der Waals surface area (Å²) in [6.07, 6.45) is 14.4. The van der Waals surface area contributed by atoms with Crippen LogP contribution in [0.2, 0.25) is 0 Å². The average molecular weight is 357 g/mol. The van der Waals surface area contributed by atoms with Crippen molar-refractivity contribution in [3.05, 3.63) is 11.6 Å². The van der Waals surface area contributed by atoms with Gasteiger partial charge >= 0.3 is 0 Å². The number of likely N-dealkylation sites (tertiary alicyclic amines) is 1. The second-order valence-corrected chi connectivity index (χ2v) is 11.2. The van der Waals surface area contributed by atoms with Crippen LogP contribution >= 0.6 is 0 Å². The van der Waals surface area contributed by atoms with E-state index in [2.05, 4.69) is 50.9 Å². The van der Waals surface area contributed by atoms with Crippen LogP contribution < -0.4 is 0 Å². The third-order valence-electron chi connectivity index (χ3n) is 10.4. The summed E-state index contributed by atoms with van der Waals surface area (Å²) >= 11 is 0. The molecule has 1 aliphatic heterocycles. The van der Waals surface area contributed by atoms with E-state index in [0.29, 0.717) is 10.8 Å². The second kappa shape index (κ2) is 5.83. The summed E-state index contributed by atoms with van der Waals surface area (Å²) in [7, 11) is 6.95. The molecule has 2 nitrogen and oxygen atoms in total. The van der Waals surface area contributed by atoms with Crippen molar-refractivity contribution in [3.63, 3.8) is 0 Å². The number of fused-ring (bicyclic) bond motifs is 4. The van der Waals surface area contributed by atoms with Crippen molar-refractivity contribution in [3.8, 4) is 0 Å². The predicted octanol–water partition coefficient (Wildman–Crippen LogP) is 4.81. The smallest absolute Gasteiger partial charge is 0.0127 e. The monoisotopic (exact) mass is 356 g/mol. The predicted molar refractivity (Wildman–Crippen MR) is 109 cm³/mol. The molecule has 0 radical (unpaired) electrons. The highest BCUT2D eigenvalue weighted by atomic mass is 15.2. The maximum Gasteiger partial charge on any atom is 0.0127 e. The van der Waals surface area contributed by atoms with E-state index >= 15 is 0 Å². The minimum Gasteiger partial charge on any atom is -0.306 e. The first kappa shape index (κ1) is 17.7. The highest BCUT2D eigenvalue weighted by molar-refractivity contribution is 5.26. The van der Waals surface area contributed by atoms with Crippen molar-refractivity contribution in [2.75, 3.05) is 27.7 Å². The van der Waals surface area contributed by atoms with Gasteiger partial charge in [0.2, 0.25) is 0 Å². The van der Waals surface area contributed by atoms with Crippen LogP contribution in [0.3, 0.4) is 0 Å². The van der Waals surface area contributed by atoms with Gasteiger partial charge in [-0.05, 0) is 114 Å². The van der Waals surface area contributed by atoms with Crippen molar-refractivity contribution in [2.24, 2.45) is 34.5 Å². The molecule has 0 aromatic rings. The number of hydrogen-bond donors (Lipinski definition) is 0. The Morgan fingerprint density at radius 2 is 1.81 bits per heavy atom. The van der Waals surface area contributed by atoms with E-state index in [9.17, 15) is 0 Å². The Morgan fingerprint density at radius 3 is 2.58 bits per heavy atom. The first-order valence-electron chi connectivity index (χ1n) is 11.4. The van der Waals surface area contributed by atoms with E-state index in [1.807, 2.05) is 5.57 Å². The maximum absolute atomic E-state index is 2.74. The third kappa shape index (κ3) is 2.18. The van der Waals surface area contributed by atoms with E-state index < -0.39 is 0 Å². The maximum atomic E-state index is 2.74. The van der Waals surface area contributed by atoms with Crippen LogP contribution in [0.4, 0.5) is 0 Å². The lowest BCUT2D eigenvalue weighted by Crippen LogP contribution is -2.52. The molecule has 0 unspecified atom stereocenters. The van der Waals surface area contributed by atoms with Gasteiger partial charge in [0.1, 0.15) is 0 Å². The fraction of sp³-hybridized carbons (Fsp3) is 0.917. The molecule has 2 heteroatoms. The molecule has 1 heterocycles. The summed E-state index contributed by atoms with van der Waals surface area (Å²) in [4.78, 5) is 5.17. The molecule has 3 saturated carbocycles. The lowest BCUT2D eigenvalue weighted by atomic mass is 9.47. The molecule has 5 rings (SSSR count). The van der Waals surface area contributed by atoms with Crippen molar-refractivity contribution in [2.45, 2.75) is 77.3 Å². The number of allylic oxidation sites excluding steroid dienone is 1. The molecule has 0 aromatic carbocycles. The zero-order valence-corrected chi connectivity index (χ0v) is 17.8. The van der Waals surface area contributed by atoms with Gasteiger partial charge < -0.3 is 9.80 Å². The summed E-state index contributed by atoms with van der Waals surface area (Å²) in [5, 5.41) is 0. The van der Waals surface area contributed by atoms with E-state index in [1.165, 1.54) is 57.9 Å². The molecule has 5 aliphatic rings. The Bertz CT molecular complexity index is 609. The number of nitrogens with zero attached hydrogens (tertiary/aromatic N) is 2. The first-order valence-corrected chi connectivity index (χ1v) is 11.4. The van der Waals surface area contributed by atoms with Gasteiger partial charge in [-0.25, -0.2) is 0 Å². The summed E-state index contributed by atoms with van der Waals surface area (Å²) in [6.45, 7) is 6.56. The molecule has 0 N–H and O–H groups in total. The fourth-order valence-electron chi connectivity index (χ4n) is 8.88. The van der Waals surface area contributed by atoms with Crippen LogP contribution in [-0.4, -0.2) is 49.6 Å². The van der Waals surface area contributed by atoms with E-state index in [-0.39, 0.29) is 0 Å². The van der Waals surface area contributed by atoms with Gasteiger partial charge in [-0.1, -0.05) is 18.6 Å². The van der Waals surface area contributed by atoms with Crippen LogP contribution in [0.15, 0.2) is 11.6 Å². The van der Waals surface area contributed by atoms with Gasteiger partial charge in [-0.2, -0.15) is 0 Å². The zero-order valence-electron chi connectivity index (χ0n) is 17.8. The minimum atomic E-state index is 0.519. The van der Waals surface area contributed by atoms with Gasteiger partial charge in [-0.15, -0.1) is 0 Å². The van der Waals surface area contributed by atoms with E-state index in [0.717, 1.165) is 35.8 Å². The Balaban J connectivity index is 1.45. The molecule has 0 aromatic heterocycles. The third-order valence-corrected chi connectivity index (χ3v) is 10.4. The molecule has 0 amide bonds. The SMILES string of the molecule is C[C@H]1[C@H]2CC[C@@H]3[C@H]4CC=C5C[C@H](N(C)C)CC[C@@]5(C)[C@@H]4CC[C@@]32CN1C. The van der Waals surface area contributed by atoms with E-state index in [1.54, 1.807) is 0 Å². The quantitative estimate of drug-likeness (QED) is 0.622. The van der Waals surface area contributed by atoms with Crippen molar-refractivity contribution >= 4 is 0 Å². The van der Waals surface area contributed by atoms with Gasteiger partial charge in [0.05, 0.1) is 0 Å². The summed E-state index contributed by atoms with van der Waals surface area (Å²) < 4.78 is 0.